The maximum Gasteiger partial charge on any atom is 0.320 e. The number of ether oxygens (including phenoxy) is 2. The Morgan fingerprint density at radius 3 is 2.72 bits per heavy atom. The molecule has 4 atom stereocenters. The van der Waals surface area contributed by atoms with E-state index in [-0.39, 0.29) is 36.6 Å². The third-order valence-corrected chi connectivity index (χ3v) is 7.24. The lowest BCUT2D eigenvalue weighted by atomic mass is 9.92. The molecule has 0 bridgehead atoms. The van der Waals surface area contributed by atoms with Crippen LogP contribution >= 0.6 is 0 Å². The summed E-state index contributed by atoms with van der Waals surface area (Å²) in [5.74, 6) is -0.244. The monoisotopic (exact) mass is 499 g/mol. The first kappa shape index (κ1) is 26.5. The van der Waals surface area contributed by atoms with E-state index in [9.17, 15) is 14.3 Å². The van der Waals surface area contributed by atoms with Gasteiger partial charge in [-0.05, 0) is 37.0 Å². The summed E-state index contributed by atoms with van der Waals surface area (Å²) < 4.78 is 26.7. The second kappa shape index (κ2) is 12.1. The summed E-state index contributed by atoms with van der Waals surface area (Å²) in [6.45, 7) is 4.25. The van der Waals surface area contributed by atoms with Crippen LogP contribution in [0.1, 0.15) is 42.9 Å². The number of likely N-dealkylation sites (tertiary alicyclic amines) is 1. The van der Waals surface area contributed by atoms with E-state index in [0.717, 1.165) is 42.4 Å². The Labute approximate surface area is 213 Å². The number of morpholine rings is 1. The third kappa shape index (κ3) is 6.24. The number of benzene rings is 2. The molecule has 0 aliphatic carbocycles. The first-order valence-corrected chi connectivity index (χ1v) is 12.8. The number of aryl methyl sites for hydroxylation is 1. The van der Waals surface area contributed by atoms with Crippen molar-refractivity contribution in [3.63, 3.8) is 0 Å². The van der Waals surface area contributed by atoms with Crippen molar-refractivity contribution in [3.8, 4) is 11.1 Å². The summed E-state index contributed by atoms with van der Waals surface area (Å²) in [6, 6.07) is 12.6. The summed E-state index contributed by atoms with van der Waals surface area (Å²) >= 11 is 0. The van der Waals surface area contributed by atoms with Gasteiger partial charge in [-0.3, -0.25) is 0 Å². The summed E-state index contributed by atoms with van der Waals surface area (Å²) in [5.41, 5.74) is 9.26. The molecule has 4 rings (SSSR count). The molecule has 8 heteroatoms. The van der Waals surface area contributed by atoms with Crippen molar-refractivity contribution in [1.82, 2.24) is 9.80 Å². The smallest absolute Gasteiger partial charge is 0.320 e. The Hall–Kier alpha value is -2.52. The van der Waals surface area contributed by atoms with Crippen LogP contribution in [0.25, 0.3) is 11.1 Å². The first-order valence-electron chi connectivity index (χ1n) is 12.8. The van der Waals surface area contributed by atoms with E-state index in [1.165, 1.54) is 6.07 Å². The molecule has 7 nitrogen and oxygen atoms in total. The minimum Gasteiger partial charge on any atom is -0.390 e. The first-order chi connectivity index (χ1) is 17.4. The maximum atomic E-state index is 14.9. The van der Waals surface area contributed by atoms with E-state index in [1.807, 2.05) is 37.3 Å². The normalized spacial score (nSPS) is 23.2. The molecule has 2 aromatic rings. The number of β-amino-alcohol motifs (C(OH)–C–C–N with tert-alkyl or cyclic N) is 1. The summed E-state index contributed by atoms with van der Waals surface area (Å²) in [4.78, 5) is 16.3. The predicted molar refractivity (Wildman–Crippen MR) is 137 cm³/mol. The molecule has 0 radical (unpaired) electrons. The van der Waals surface area contributed by atoms with Crippen molar-refractivity contribution < 1.29 is 23.8 Å². The highest BCUT2D eigenvalue weighted by atomic mass is 19.1. The molecule has 0 aromatic heterocycles. The fourth-order valence-electron chi connectivity index (χ4n) is 5.25. The van der Waals surface area contributed by atoms with Crippen molar-refractivity contribution >= 4 is 6.03 Å². The molecule has 2 aliphatic rings. The summed E-state index contributed by atoms with van der Waals surface area (Å²) in [6.07, 6.45) is 2.49. The number of aliphatic hydroxyl groups excluding tert-OH is 1. The number of carbonyl (C=O) groups is 1. The standard InChI is InChI=1S/C28H38FN3O4/c1-19-7-5-8-20(15-19)27-22(10-6-11-23(27)29)26(35-2)12-4-3-9-21-16-31(13-14-36-21)28(34)32-17-24(30)25(33)18-32/h5-8,10-11,15,21,24-26,33H,3-4,9,12-14,16-18,30H2,1-2H3/t21-,24+,25-,26-/m0/s1. The fourth-order valence-corrected chi connectivity index (χ4v) is 5.25. The number of hydrogen-bond acceptors (Lipinski definition) is 5. The summed E-state index contributed by atoms with van der Waals surface area (Å²) in [7, 11) is 1.67. The topological polar surface area (TPSA) is 88.3 Å². The zero-order valence-corrected chi connectivity index (χ0v) is 21.2. The van der Waals surface area contributed by atoms with Crippen molar-refractivity contribution in [2.75, 3.05) is 39.9 Å². The number of nitrogens with zero attached hydrogens (tertiary/aromatic N) is 2. The van der Waals surface area contributed by atoms with Crippen LogP contribution in [0, 0.1) is 12.7 Å². The molecule has 2 aromatic carbocycles. The lowest BCUT2D eigenvalue weighted by Gasteiger charge is -2.35. The van der Waals surface area contributed by atoms with Crippen LogP contribution < -0.4 is 5.73 Å². The highest BCUT2D eigenvalue weighted by Gasteiger charge is 2.35. The van der Waals surface area contributed by atoms with E-state index in [0.29, 0.717) is 31.8 Å². The van der Waals surface area contributed by atoms with Crippen LogP contribution in [0.4, 0.5) is 9.18 Å². The van der Waals surface area contributed by atoms with Gasteiger partial charge in [0.05, 0.1) is 24.9 Å². The highest BCUT2D eigenvalue weighted by Crippen LogP contribution is 2.35. The molecular formula is C28H38FN3O4. The Bertz CT molecular complexity index is 1030. The minimum absolute atomic E-state index is 0.0260. The van der Waals surface area contributed by atoms with Crippen LogP contribution in [0.15, 0.2) is 42.5 Å². The molecule has 196 valence electrons. The Morgan fingerprint density at radius 2 is 2.00 bits per heavy atom. The predicted octanol–water partition coefficient (Wildman–Crippen LogP) is 3.87. The Balaban J connectivity index is 1.31. The van der Waals surface area contributed by atoms with Crippen LogP contribution in [0.2, 0.25) is 0 Å². The van der Waals surface area contributed by atoms with Gasteiger partial charge in [-0.2, -0.15) is 0 Å². The van der Waals surface area contributed by atoms with Gasteiger partial charge >= 0.3 is 6.03 Å². The van der Waals surface area contributed by atoms with Gasteiger partial charge in [0.25, 0.3) is 0 Å². The quantitative estimate of drug-likeness (QED) is 0.539. The van der Waals surface area contributed by atoms with Crippen LogP contribution in [-0.2, 0) is 9.47 Å². The number of methoxy groups -OCH3 is 1. The third-order valence-electron chi connectivity index (χ3n) is 7.24. The SMILES string of the molecule is CO[C@@H](CCCC[C@H]1CN(C(=O)N2C[C@@H](N)[C@@H](O)C2)CCO1)c1cccc(F)c1-c1cccc(C)c1. The lowest BCUT2D eigenvalue weighted by Crippen LogP contribution is -2.50. The maximum absolute atomic E-state index is 14.9. The minimum atomic E-state index is -0.663. The second-order valence-corrected chi connectivity index (χ2v) is 9.94. The van der Waals surface area contributed by atoms with Gasteiger partial charge in [-0.1, -0.05) is 54.8 Å². The molecule has 2 aliphatic heterocycles. The zero-order valence-electron chi connectivity index (χ0n) is 21.2. The molecule has 2 heterocycles. The molecule has 0 saturated carbocycles. The fraction of sp³-hybridized carbons (Fsp3) is 0.536. The Kier molecular flexibility index (Phi) is 8.95. The van der Waals surface area contributed by atoms with E-state index in [4.69, 9.17) is 15.2 Å². The number of amides is 2. The number of urea groups is 1. The molecule has 36 heavy (non-hydrogen) atoms. The van der Waals surface area contributed by atoms with Gasteiger partial charge in [0, 0.05) is 44.9 Å². The molecule has 0 unspecified atom stereocenters. The number of unbranched alkanes of at least 4 members (excludes halogenated alkanes) is 1. The van der Waals surface area contributed by atoms with Crippen LogP contribution in [0.5, 0.6) is 0 Å². The average molecular weight is 500 g/mol. The molecular weight excluding hydrogens is 461 g/mol. The number of carbonyl (C=O) groups excluding carboxylic acids is 1. The zero-order chi connectivity index (χ0) is 25.7. The molecule has 2 saturated heterocycles. The molecule has 0 spiro atoms. The van der Waals surface area contributed by atoms with Gasteiger partial charge < -0.3 is 30.1 Å². The van der Waals surface area contributed by atoms with Crippen molar-refractivity contribution in [1.29, 1.82) is 0 Å². The number of rotatable bonds is 8. The van der Waals surface area contributed by atoms with E-state index < -0.39 is 6.10 Å². The van der Waals surface area contributed by atoms with Gasteiger partial charge in [-0.25, -0.2) is 9.18 Å². The average Bonchev–Trinajstić information content (AvgIpc) is 3.21. The van der Waals surface area contributed by atoms with Gasteiger partial charge in [0.2, 0.25) is 0 Å². The van der Waals surface area contributed by atoms with Crippen molar-refractivity contribution in [3.05, 3.63) is 59.4 Å². The number of halogens is 1. The molecule has 2 amide bonds. The van der Waals surface area contributed by atoms with Crippen LogP contribution in [-0.4, -0.2) is 79.1 Å². The van der Waals surface area contributed by atoms with Crippen molar-refractivity contribution in [2.24, 2.45) is 5.73 Å². The van der Waals surface area contributed by atoms with Crippen LogP contribution in [0.3, 0.4) is 0 Å². The molecule has 2 fully saturated rings. The lowest BCUT2D eigenvalue weighted by molar-refractivity contribution is -0.0238. The van der Waals surface area contributed by atoms with Gasteiger partial charge in [-0.15, -0.1) is 0 Å². The number of aliphatic hydroxyl groups is 1. The van der Waals surface area contributed by atoms with E-state index in [2.05, 4.69) is 0 Å². The highest BCUT2D eigenvalue weighted by molar-refractivity contribution is 5.75. The largest absolute Gasteiger partial charge is 0.390 e. The van der Waals surface area contributed by atoms with Gasteiger partial charge in [0.1, 0.15) is 5.82 Å². The number of nitrogens with two attached hydrogens (primary N) is 1. The molecule has 3 N–H and O–H groups in total. The van der Waals surface area contributed by atoms with Crippen molar-refractivity contribution in [2.45, 2.75) is 57.0 Å². The van der Waals surface area contributed by atoms with Gasteiger partial charge in [0.15, 0.2) is 0 Å². The Morgan fingerprint density at radius 1 is 1.19 bits per heavy atom. The number of hydrogen-bond donors (Lipinski definition) is 2. The van der Waals surface area contributed by atoms with E-state index in [1.54, 1.807) is 23.0 Å². The summed E-state index contributed by atoms with van der Waals surface area (Å²) in [5, 5.41) is 9.87. The van der Waals surface area contributed by atoms with E-state index >= 15 is 0 Å². The second-order valence-electron chi connectivity index (χ2n) is 9.94.